The van der Waals surface area contributed by atoms with Gasteiger partial charge in [0.15, 0.2) is 0 Å². The molecule has 2 aliphatic carbocycles. The van der Waals surface area contributed by atoms with Crippen LogP contribution in [-0.2, 0) is 0 Å². The Bertz CT molecular complexity index is 368. The highest BCUT2D eigenvalue weighted by atomic mass is 15.0. The second-order valence-electron chi connectivity index (χ2n) is 6.36. The molecule has 1 N–H and O–H groups in total. The van der Waals surface area contributed by atoms with Gasteiger partial charge in [0.05, 0.1) is 0 Å². The summed E-state index contributed by atoms with van der Waals surface area (Å²) in [6.07, 6.45) is 8.41. The number of nitrogens with one attached hydrogen (secondary N) is 1. The van der Waals surface area contributed by atoms with Gasteiger partial charge in [-0.2, -0.15) is 0 Å². The van der Waals surface area contributed by atoms with Crippen molar-refractivity contribution in [2.45, 2.75) is 57.5 Å². The lowest BCUT2D eigenvalue weighted by atomic mass is 9.86. The second-order valence-corrected chi connectivity index (χ2v) is 6.36. The van der Waals surface area contributed by atoms with Crippen LogP contribution in [0.25, 0.3) is 0 Å². The van der Waals surface area contributed by atoms with Crippen molar-refractivity contribution < 1.29 is 0 Å². The predicted octanol–water partition coefficient (Wildman–Crippen LogP) is 4.31. The van der Waals surface area contributed by atoms with E-state index >= 15 is 0 Å². The van der Waals surface area contributed by atoms with E-state index < -0.39 is 0 Å². The van der Waals surface area contributed by atoms with Crippen molar-refractivity contribution in [3.05, 3.63) is 35.9 Å². The maximum Gasteiger partial charge on any atom is 0.0351 e. The molecule has 0 saturated heterocycles. The highest BCUT2D eigenvalue weighted by Gasteiger charge is 2.34. The summed E-state index contributed by atoms with van der Waals surface area (Å²) < 4.78 is 0. The van der Waals surface area contributed by atoms with Gasteiger partial charge in [-0.15, -0.1) is 0 Å². The Balaban J connectivity index is 1.67. The van der Waals surface area contributed by atoms with Gasteiger partial charge in [-0.3, -0.25) is 0 Å². The van der Waals surface area contributed by atoms with Crippen LogP contribution in [-0.4, -0.2) is 6.04 Å². The van der Waals surface area contributed by atoms with E-state index in [9.17, 15) is 0 Å². The summed E-state index contributed by atoms with van der Waals surface area (Å²) in [6.45, 7) is 2.41. The molecule has 98 valence electrons. The van der Waals surface area contributed by atoms with Gasteiger partial charge in [-0.25, -0.2) is 0 Å². The molecule has 2 saturated carbocycles. The van der Waals surface area contributed by atoms with E-state index in [1.165, 1.54) is 44.1 Å². The van der Waals surface area contributed by atoms with Crippen LogP contribution in [0.4, 0.5) is 0 Å². The Morgan fingerprint density at radius 1 is 1.06 bits per heavy atom. The topological polar surface area (TPSA) is 12.0 Å². The molecule has 0 amide bonds. The maximum absolute atomic E-state index is 3.96. The molecular formula is C17H25N. The van der Waals surface area contributed by atoms with Gasteiger partial charge in [-0.1, -0.05) is 50.1 Å². The Kier molecular flexibility index (Phi) is 3.69. The molecule has 0 aromatic heterocycles. The van der Waals surface area contributed by atoms with E-state index in [2.05, 4.69) is 42.6 Å². The Morgan fingerprint density at radius 2 is 1.83 bits per heavy atom. The van der Waals surface area contributed by atoms with Crippen LogP contribution >= 0.6 is 0 Å². The molecule has 3 rings (SSSR count). The standard InChI is InChI=1S/C17H25N/c1-13-6-5-9-16(12-13)18-17(15-10-11-15)14-7-3-2-4-8-14/h2-4,7-8,13,15-18H,5-6,9-12H2,1H3. The van der Waals surface area contributed by atoms with Crippen molar-refractivity contribution in [3.8, 4) is 0 Å². The van der Waals surface area contributed by atoms with Gasteiger partial charge in [0, 0.05) is 12.1 Å². The van der Waals surface area contributed by atoms with E-state index in [1.54, 1.807) is 0 Å². The molecule has 0 heterocycles. The summed E-state index contributed by atoms with van der Waals surface area (Å²) in [5.41, 5.74) is 1.50. The summed E-state index contributed by atoms with van der Waals surface area (Å²) in [7, 11) is 0. The van der Waals surface area contributed by atoms with Crippen molar-refractivity contribution in [2.24, 2.45) is 11.8 Å². The minimum absolute atomic E-state index is 0.612. The average Bonchev–Trinajstić information content (AvgIpc) is 3.21. The smallest absolute Gasteiger partial charge is 0.0351 e. The lowest BCUT2D eigenvalue weighted by molar-refractivity contribution is 0.272. The highest BCUT2D eigenvalue weighted by Crippen LogP contribution is 2.42. The zero-order valence-electron chi connectivity index (χ0n) is 11.4. The molecule has 1 nitrogen and oxygen atoms in total. The lowest BCUT2D eigenvalue weighted by Crippen LogP contribution is -2.37. The van der Waals surface area contributed by atoms with E-state index in [0.717, 1.165) is 17.9 Å². The Morgan fingerprint density at radius 3 is 2.50 bits per heavy atom. The SMILES string of the molecule is CC1CCCC(NC(c2ccccc2)C2CC2)C1. The molecule has 1 aromatic rings. The first-order valence-corrected chi connectivity index (χ1v) is 7.64. The van der Waals surface area contributed by atoms with Crippen LogP contribution in [0.2, 0.25) is 0 Å². The summed E-state index contributed by atoms with van der Waals surface area (Å²) in [5, 5.41) is 3.96. The minimum Gasteiger partial charge on any atom is -0.307 e. The highest BCUT2D eigenvalue weighted by molar-refractivity contribution is 5.21. The zero-order valence-corrected chi connectivity index (χ0v) is 11.4. The van der Waals surface area contributed by atoms with Crippen molar-refractivity contribution in [3.63, 3.8) is 0 Å². The molecule has 0 bridgehead atoms. The predicted molar refractivity (Wildman–Crippen MR) is 76.5 cm³/mol. The Hall–Kier alpha value is -0.820. The van der Waals surface area contributed by atoms with Crippen LogP contribution in [0.1, 0.15) is 57.1 Å². The fraction of sp³-hybridized carbons (Fsp3) is 0.647. The van der Waals surface area contributed by atoms with E-state index in [0.29, 0.717) is 6.04 Å². The van der Waals surface area contributed by atoms with E-state index in [1.807, 2.05) is 0 Å². The molecule has 0 aliphatic heterocycles. The monoisotopic (exact) mass is 243 g/mol. The molecule has 1 aromatic carbocycles. The van der Waals surface area contributed by atoms with E-state index in [4.69, 9.17) is 0 Å². The zero-order chi connectivity index (χ0) is 12.4. The molecule has 0 spiro atoms. The van der Waals surface area contributed by atoms with Crippen LogP contribution in [0, 0.1) is 11.8 Å². The third kappa shape index (κ3) is 2.95. The maximum atomic E-state index is 3.96. The van der Waals surface area contributed by atoms with Gasteiger partial charge in [0.25, 0.3) is 0 Å². The Labute approximate surface area is 111 Å². The summed E-state index contributed by atoms with van der Waals surface area (Å²) in [6, 6.07) is 12.4. The first kappa shape index (κ1) is 12.2. The molecule has 1 heteroatoms. The molecule has 0 radical (unpaired) electrons. The second kappa shape index (κ2) is 5.44. The summed E-state index contributed by atoms with van der Waals surface area (Å²) in [5.74, 6) is 1.80. The van der Waals surface area contributed by atoms with Gasteiger partial charge in [0.1, 0.15) is 0 Å². The quantitative estimate of drug-likeness (QED) is 0.831. The van der Waals surface area contributed by atoms with Crippen molar-refractivity contribution in [1.82, 2.24) is 5.32 Å². The molecule has 2 fully saturated rings. The molecule has 18 heavy (non-hydrogen) atoms. The van der Waals surface area contributed by atoms with Crippen molar-refractivity contribution in [2.75, 3.05) is 0 Å². The largest absolute Gasteiger partial charge is 0.307 e. The van der Waals surface area contributed by atoms with Crippen LogP contribution in [0.5, 0.6) is 0 Å². The average molecular weight is 243 g/mol. The number of hydrogen-bond acceptors (Lipinski definition) is 1. The molecule has 2 aliphatic rings. The number of benzene rings is 1. The third-order valence-corrected chi connectivity index (χ3v) is 4.60. The fourth-order valence-corrected chi connectivity index (χ4v) is 3.43. The first-order chi connectivity index (χ1) is 8.83. The first-order valence-electron chi connectivity index (χ1n) is 7.64. The third-order valence-electron chi connectivity index (χ3n) is 4.60. The fourth-order valence-electron chi connectivity index (χ4n) is 3.43. The number of rotatable bonds is 4. The van der Waals surface area contributed by atoms with Crippen LogP contribution < -0.4 is 5.32 Å². The van der Waals surface area contributed by atoms with E-state index in [-0.39, 0.29) is 0 Å². The van der Waals surface area contributed by atoms with Gasteiger partial charge in [-0.05, 0) is 43.1 Å². The molecule has 3 unspecified atom stereocenters. The van der Waals surface area contributed by atoms with Gasteiger partial charge < -0.3 is 5.32 Å². The number of hydrogen-bond donors (Lipinski definition) is 1. The van der Waals surface area contributed by atoms with Crippen molar-refractivity contribution in [1.29, 1.82) is 0 Å². The normalized spacial score (nSPS) is 30.1. The van der Waals surface area contributed by atoms with Crippen LogP contribution in [0.3, 0.4) is 0 Å². The molecule has 3 atom stereocenters. The van der Waals surface area contributed by atoms with Crippen molar-refractivity contribution >= 4 is 0 Å². The van der Waals surface area contributed by atoms with Crippen LogP contribution in [0.15, 0.2) is 30.3 Å². The summed E-state index contributed by atoms with van der Waals surface area (Å²) in [4.78, 5) is 0. The van der Waals surface area contributed by atoms with Gasteiger partial charge in [0.2, 0.25) is 0 Å². The lowest BCUT2D eigenvalue weighted by Gasteiger charge is -2.32. The summed E-state index contributed by atoms with van der Waals surface area (Å²) >= 11 is 0. The van der Waals surface area contributed by atoms with Gasteiger partial charge >= 0.3 is 0 Å². The minimum atomic E-state index is 0.612. The molecular weight excluding hydrogens is 218 g/mol.